The summed E-state index contributed by atoms with van der Waals surface area (Å²) in [4.78, 5) is 12.5. The Kier molecular flexibility index (Phi) is 5.05. The molecule has 1 fully saturated rings. The van der Waals surface area contributed by atoms with E-state index in [2.05, 4.69) is 5.32 Å². The van der Waals surface area contributed by atoms with Crippen molar-refractivity contribution in [2.75, 3.05) is 6.61 Å². The van der Waals surface area contributed by atoms with Crippen LogP contribution in [-0.4, -0.2) is 23.7 Å². The Morgan fingerprint density at radius 1 is 1.04 bits per heavy atom. The number of hydrogen-bond acceptors (Lipinski definition) is 3. The van der Waals surface area contributed by atoms with Gasteiger partial charge in [0.2, 0.25) is 0 Å². The normalized spacial score (nSPS) is 20.0. The number of amides is 1. The van der Waals surface area contributed by atoms with E-state index in [0.717, 1.165) is 18.4 Å². The third kappa shape index (κ3) is 3.78. The van der Waals surface area contributed by atoms with Crippen LogP contribution in [0.1, 0.15) is 36.1 Å². The first kappa shape index (κ1) is 15.7. The second-order valence-electron chi connectivity index (χ2n) is 5.76. The maximum absolute atomic E-state index is 12.5. The van der Waals surface area contributed by atoms with Crippen molar-refractivity contribution in [3.63, 3.8) is 0 Å². The van der Waals surface area contributed by atoms with E-state index in [1.165, 1.54) is 0 Å². The molecule has 0 bridgehead atoms. The van der Waals surface area contributed by atoms with Gasteiger partial charge in [0.1, 0.15) is 0 Å². The monoisotopic (exact) mass is 311 g/mol. The van der Waals surface area contributed by atoms with E-state index in [-0.39, 0.29) is 12.1 Å². The Balaban J connectivity index is 1.77. The molecule has 1 saturated heterocycles. The Morgan fingerprint density at radius 3 is 2.22 bits per heavy atom. The number of aliphatic hydroxyl groups is 1. The van der Waals surface area contributed by atoms with Crippen molar-refractivity contribution in [2.45, 2.75) is 31.1 Å². The molecule has 3 atom stereocenters. The molecule has 2 aromatic rings. The van der Waals surface area contributed by atoms with E-state index in [9.17, 15) is 9.90 Å². The lowest BCUT2D eigenvalue weighted by Crippen LogP contribution is -2.38. The standard InChI is InChI=1S/C19H21NO3/c21-18(15-10-5-2-6-11-15)19(22)20-17(16-12-7-13-23-16)14-8-3-1-4-9-14/h1-6,8-11,16-18,21H,7,12-13H2,(H,20,22)/t16-,17+,18-/m1/s1. The summed E-state index contributed by atoms with van der Waals surface area (Å²) in [6.45, 7) is 0.713. The van der Waals surface area contributed by atoms with Crippen molar-refractivity contribution < 1.29 is 14.6 Å². The molecule has 4 nitrogen and oxygen atoms in total. The number of ether oxygens (including phenoxy) is 1. The number of carbonyl (C=O) groups is 1. The maximum atomic E-state index is 12.5. The molecule has 3 rings (SSSR count). The van der Waals surface area contributed by atoms with Gasteiger partial charge in [0.15, 0.2) is 6.10 Å². The highest BCUT2D eigenvalue weighted by Crippen LogP contribution is 2.27. The minimum Gasteiger partial charge on any atom is -0.378 e. The predicted molar refractivity (Wildman–Crippen MR) is 87.7 cm³/mol. The molecule has 0 radical (unpaired) electrons. The van der Waals surface area contributed by atoms with Gasteiger partial charge in [-0.25, -0.2) is 0 Å². The van der Waals surface area contributed by atoms with Gasteiger partial charge in [-0.1, -0.05) is 60.7 Å². The number of benzene rings is 2. The summed E-state index contributed by atoms with van der Waals surface area (Å²) in [5, 5.41) is 13.2. The van der Waals surface area contributed by atoms with Crippen LogP contribution in [0.25, 0.3) is 0 Å². The van der Waals surface area contributed by atoms with Gasteiger partial charge in [0.05, 0.1) is 12.1 Å². The average molecular weight is 311 g/mol. The summed E-state index contributed by atoms with van der Waals surface area (Å²) < 4.78 is 5.76. The number of aliphatic hydroxyl groups excluding tert-OH is 1. The molecule has 2 aromatic carbocycles. The Labute approximate surface area is 136 Å². The second-order valence-corrected chi connectivity index (χ2v) is 5.76. The topological polar surface area (TPSA) is 58.6 Å². The molecule has 0 spiro atoms. The van der Waals surface area contributed by atoms with E-state index in [1.54, 1.807) is 24.3 Å². The molecule has 120 valence electrons. The third-order valence-electron chi connectivity index (χ3n) is 4.16. The lowest BCUT2D eigenvalue weighted by molar-refractivity contribution is -0.131. The minimum atomic E-state index is -1.18. The van der Waals surface area contributed by atoms with Gasteiger partial charge in [0.25, 0.3) is 5.91 Å². The zero-order valence-corrected chi connectivity index (χ0v) is 12.9. The van der Waals surface area contributed by atoms with E-state index in [1.807, 2.05) is 36.4 Å². The smallest absolute Gasteiger partial charge is 0.254 e. The van der Waals surface area contributed by atoms with E-state index < -0.39 is 12.0 Å². The SMILES string of the molecule is O=C(N[C@@H](c1ccccc1)[C@H]1CCCO1)[C@H](O)c1ccccc1. The highest BCUT2D eigenvalue weighted by molar-refractivity contribution is 5.82. The molecule has 4 heteroatoms. The largest absolute Gasteiger partial charge is 0.378 e. The fourth-order valence-electron chi connectivity index (χ4n) is 2.94. The van der Waals surface area contributed by atoms with E-state index >= 15 is 0 Å². The van der Waals surface area contributed by atoms with Crippen molar-refractivity contribution in [1.29, 1.82) is 0 Å². The highest BCUT2D eigenvalue weighted by Gasteiger charge is 2.30. The van der Waals surface area contributed by atoms with Crippen LogP contribution in [0.5, 0.6) is 0 Å². The van der Waals surface area contributed by atoms with Crippen molar-refractivity contribution >= 4 is 5.91 Å². The fourth-order valence-corrected chi connectivity index (χ4v) is 2.94. The summed E-state index contributed by atoms with van der Waals surface area (Å²) in [5.41, 5.74) is 1.58. The first-order valence-corrected chi connectivity index (χ1v) is 7.95. The van der Waals surface area contributed by atoms with E-state index in [0.29, 0.717) is 12.2 Å². The second kappa shape index (κ2) is 7.40. The van der Waals surface area contributed by atoms with Crippen LogP contribution < -0.4 is 5.32 Å². The first-order chi connectivity index (χ1) is 11.3. The number of rotatable bonds is 5. The number of carbonyl (C=O) groups excluding carboxylic acids is 1. The molecule has 1 aliphatic rings. The molecule has 1 aliphatic heterocycles. The Morgan fingerprint density at radius 2 is 1.65 bits per heavy atom. The van der Waals surface area contributed by atoms with Gasteiger partial charge in [-0.3, -0.25) is 4.79 Å². The summed E-state index contributed by atoms with van der Waals surface area (Å²) in [6, 6.07) is 18.5. The van der Waals surface area contributed by atoms with Crippen molar-refractivity contribution in [3.05, 3.63) is 71.8 Å². The zero-order chi connectivity index (χ0) is 16.1. The van der Waals surface area contributed by atoms with Crippen molar-refractivity contribution in [1.82, 2.24) is 5.32 Å². The van der Waals surface area contributed by atoms with Crippen LogP contribution in [0, 0.1) is 0 Å². The van der Waals surface area contributed by atoms with Gasteiger partial charge < -0.3 is 15.2 Å². The fraction of sp³-hybridized carbons (Fsp3) is 0.316. The van der Waals surface area contributed by atoms with Gasteiger partial charge in [0, 0.05) is 6.61 Å². The first-order valence-electron chi connectivity index (χ1n) is 7.95. The highest BCUT2D eigenvalue weighted by atomic mass is 16.5. The molecule has 1 amide bonds. The Hall–Kier alpha value is -2.17. The van der Waals surface area contributed by atoms with Crippen LogP contribution in [0.15, 0.2) is 60.7 Å². The van der Waals surface area contributed by atoms with Gasteiger partial charge >= 0.3 is 0 Å². The molecule has 0 saturated carbocycles. The van der Waals surface area contributed by atoms with Crippen LogP contribution in [0.3, 0.4) is 0 Å². The van der Waals surface area contributed by atoms with Crippen LogP contribution in [0.4, 0.5) is 0 Å². The van der Waals surface area contributed by atoms with Gasteiger partial charge in [-0.2, -0.15) is 0 Å². The molecule has 23 heavy (non-hydrogen) atoms. The summed E-state index contributed by atoms with van der Waals surface area (Å²) in [6.07, 6.45) is 0.667. The maximum Gasteiger partial charge on any atom is 0.254 e. The predicted octanol–water partition coefficient (Wildman–Crippen LogP) is 2.76. The summed E-state index contributed by atoms with van der Waals surface area (Å²) in [5.74, 6) is -0.402. The van der Waals surface area contributed by atoms with Crippen LogP contribution >= 0.6 is 0 Å². The van der Waals surface area contributed by atoms with E-state index in [4.69, 9.17) is 4.74 Å². The van der Waals surface area contributed by atoms with Gasteiger partial charge in [-0.05, 0) is 24.0 Å². The summed E-state index contributed by atoms with van der Waals surface area (Å²) in [7, 11) is 0. The quantitative estimate of drug-likeness (QED) is 0.892. The zero-order valence-electron chi connectivity index (χ0n) is 12.9. The lowest BCUT2D eigenvalue weighted by atomic mass is 9.98. The number of nitrogens with one attached hydrogen (secondary N) is 1. The van der Waals surface area contributed by atoms with Crippen LogP contribution in [0.2, 0.25) is 0 Å². The molecule has 0 aromatic heterocycles. The Bertz CT molecular complexity index is 624. The molecule has 0 aliphatic carbocycles. The average Bonchev–Trinajstić information content (AvgIpc) is 3.14. The molecule has 2 N–H and O–H groups in total. The molecule has 0 unspecified atom stereocenters. The van der Waals surface area contributed by atoms with Gasteiger partial charge in [-0.15, -0.1) is 0 Å². The number of hydrogen-bond donors (Lipinski definition) is 2. The minimum absolute atomic E-state index is 0.0516. The molecular formula is C19H21NO3. The third-order valence-corrected chi connectivity index (χ3v) is 4.16. The van der Waals surface area contributed by atoms with Crippen LogP contribution in [-0.2, 0) is 9.53 Å². The van der Waals surface area contributed by atoms with Crippen molar-refractivity contribution in [3.8, 4) is 0 Å². The lowest BCUT2D eigenvalue weighted by Gasteiger charge is -2.26. The summed E-state index contributed by atoms with van der Waals surface area (Å²) >= 11 is 0. The molecule has 1 heterocycles. The molecular weight excluding hydrogens is 290 g/mol. The van der Waals surface area contributed by atoms with Crippen molar-refractivity contribution in [2.24, 2.45) is 0 Å².